The minimum atomic E-state index is 0.741. The van der Waals surface area contributed by atoms with E-state index in [1.54, 1.807) is 0 Å². The number of halogens is 1. The summed E-state index contributed by atoms with van der Waals surface area (Å²) in [4.78, 5) is 6.27. The van der Waals surface area contributed by atoms with Gasteiger partial charge in [-0.1, -0.05) is 17.7 Å². The van der Waals surface area contributed by atoms with Crippen LogP contribution >= 0.6 is 11.6 Å². The molecule has 0 bridgehead atoms. The van der Waals surface area contributed by atoms with Gasteiger partial charge >= 0.3 is 0 Å². The molecule has 0 radical (unpaired) electrons. The highest BCUT2D eigenvalue weighted by atomic mass is 35.5. The van der Waals surface area contributed by atoms with Gasteiger partial charge in [0.05, 0.1) is 10.7 Å². The number of anilines is 2. The molecule has 0 aliphatic heterocycles. The maximum atomic E-state index is 6.23. The molecule has 1 heterocycles. The number of aromatic nitrogens is 1. The molecule has 0 amide bonds. The van der Waals surface area contributed by atoms with Crippen molar-refractivity contribution in [2.75, 3.05) is 24.3 Å². The summed E-state index contributed by atoms with van der Waals surface area (Å²) in [6.07, 6.45) is 1.89. The molecule has 0 aliphatic rings. The number of hydrogen-bond acceptors (Lipinski definition) is 3. The van der Waals surface area contributed by atoms with Crippen LogP contribution in [0.3, 0.4) is 0 Å². The molecule has 0 aliphatic carbocycles. The normalized spacial score (nSPS) is 10.3. The van der Waals surface area contributed by atoms with Crippen LogP contribution in [0.2, 0.25) is 5.02 Å². The first-order chi connectivity index (χ1) is 9.06. The lowest BCUT2D eigenvalue weighted by molar-refractivity contribution is 1.08. The molecule has 0 saturated carbocycles. The lowest BCUT2D eigenvalue weighted by Crippen LogP contribution is -2.09. The van der Waals surface area contributed by atoms with E-state index >= 15 is 0 Å². The average molecular weight is 276 g/mol. The number of nitrogens with one attached hydrogen (secondary N) is 1. The quantitative estimate of drug-likeness (QED) is 0.922. The maximum absolute atomic E-state index is 6.23. The molecule has 1 N–H and O–H groups in total. The maximum Gasteiger partial charge on any atom is 0.0659 e. The zero-order valence-corrected chi connectivity index (χ0v) is 12.2. The van der Waals surface area contributed by atoms with Crippen molar-refractivity contribution in [2.45, 2.75) is 13.5 Å². The molecule has 100 valence electrons. The molecule has 0 atom stereocenters. The molecule has 0 saturated heterocycles. The summed E-state index contributed by atoms with van der Waals surface area (Å²) in [7, 11) is 3.96. The summed E-state index contributed by atoms with van der Waals surface area (Å²) in [5, 5.41) is 4.09. The summed E-state index contributed by atoms with van der Waals surface area (Å²) in [6, 6.07) is 10.1. The van der Waals surface area contributed by atoms with Gasteiger partial charge in [0.2, 0.25) is 0 Å². The van der Waals surface area contributed by atoms with Gasteiger partial charge in [-0.25, -0.2) is 0 Å². The molecular weight excluding hydrogens is 258 g/mol. The van der Waals surface area contributed by atoms with Crippen LogP contribution in [-0.2, 0) is 6.54 Å². The monoisotopic (exact) mass is 275 g/mol. The predicted molar refractivity (Wildman–Crippen MR) is 82.1 cm³/mol. The van der Waals surface area contributed by atoms with Crippen molar-refractivity contribution in [3.05, 3.63) is 52.8 Å². The Bertz CT molecular complexity index is 550. The molecule has 19 heavy (non-hydrogen) atoms. The third-order valence-corrected chi connectivity index (χ3v) is 3.20. The van der Waals surface area contributed by atoms with Crippen molar-refractivity contribution < 1.29 is 0 Å². The topological polar surface area (TPSA) is 28.2 Å². The highest BCUT2D eigenvalue weighted by Crippen LogP contribution is 2.27. The lowest BCUT2D eigenvalue weighted by Gasteiger charge is -2.15. The molecule has 1 aromatic carbocycles. The van der Waals surface area contributed by atoms with E-state index < -0.39 is 0 Å². The Kier molecular flexibility index (Phi) is 4.27. The third-order valence-electron chi connectivity index (χ3n) is 2.90. The molecule has 2 rings (SSSR count). The number of hydrogen-bond donors (Lipinski definition) is 1. The number of rotatable bonds is 4. The Morgan fingerprint density at radius 1 is 1.21 bits per heavy atom. The summed E-state index contributed by atoms with van der Waals surface area (Å²) in [5.74, 6) is 0. The van der Waals surface area contributed by atoms with Crippen LogP contribution in [-0.4, -0.2) is 19.1 Å². The molecule has 1 aromatic heterocycles. The smallest absolute Gasteiger partial charge is 0.0659 e. The van der Waals surface area contributed by atoms with E-state index in [4.69, 9.17) is 11.6 Å². The molecule has 2 aromatic rings. The first kappa shape index (κ1) is 13.7. The first-order valence-corrected chi connectivity index (χ1v) is 6.56. The largest absolute Gasteiger partial charge is 0.381 e. The number of benzene rings is 1. The van der Waals surface area contributed by atoms with E-state index in [1.165, 1.54) is 0 Å². The van der Waals surface area contributed by atoms with E-state index in [-0.39, 0.29) is 0 Å². The third kappa shape index (κ3) is 3.61. The fraction of sp³-hybridized carbons (Fsp3) is 0.267. The predicted octanol–water partition coefficient (Wildman–Crippen LogP) is 3.72. The number of pyridine rings is 1. The standard InChI is InChI=1S/C15H18ClN3/c1-11-4-5-12(9-17-11)10-18-13-6-7-15(19(2)3)14(16)8-13/h4-9,18H,10H2,1-3H3. The Labute approximate surface area is 119 Å². The summed E-state index contributed by atoms with van der Waals surface area (Å²) < 4.78 is 0. The zero-order valence-electron chi connectivity index (χ0n) is 11.4. The minimum Gasteiger partial charge on any atom is -0.381 e. The summed E-state index contributed by atoms with van der Waals surface area (Å²) in [6.45, 7) is 2.72. The van der Waals surface area contributed by atoms with Crippen molar-refractivity contribution >= 4 is 23.0 Å². The first-order valence-electron chi connectivity index (χ1n) is 6.18. The van der Waals surface area contributed by atoms with Crippen molar-refractivity contribution in [2.24, 2.45) is 0 Å². The van der Waals surface area contributed by atoms with Crippen LogP contribution in [0, 0.1) is 6.92 Å². The Morgan fingerprint density at radius 3 is 2.58 bits per heavy atom. The zero-order chi connectivity index (χ0) is 13.8. The van der Waals surface area contributed by atoms with Gasteiger partial charge in [-0.3, -0.25) is 4.98 Å². The SMILES string of the molecule is Cc1ccc(CNc2ccc(N(C)C)c(Cl)c2)cn1. The number of aryl methyl sites for hydroxylation is 1. The van der Waals surface area contributed by atoms with Crippen LogP contribution in [0.15, 0.2) is 36.5 Å². The molecule has 4 heteroatoms. The van der Waals surface area contributed by atoms with E-state index in [0.717, 1.165) is 34.2 Å². The van der Waals surface area contributed by atoms with Gasteiger partial charge in [0.25, 0.3) is 0 Å². The molecular formula is C15H18ClN3. The van der Waals surface area contributed by atoms with Crippen molar-refractivity contribution in [3.8, 4) is 0 Å². The van der Waals surface area contributed by atoms with Crippen LogP contribution in [0.4, 0.5) is 11.4 Å². The van der Waals surface area contributed by atoms with E-state index in [2.05, 4.69) is 16.4 Å². The van der Waals surface area contributed by atoms with Gasteiger partial charge in [0, 0.05) is 38.2 Å². The van der Waals surface area contributed by atoms with E-state index in [0.29, 0.717) is 0 Å². The summed E-state index contributed by atoms with van der Waals surface area (Å²) >= 11 is 6.23. The van der Waals surface area contributed by atoms with Crippen LogP contribution in [0.5, 0.6) is 0 Å². The molecule has 0 fully saturated rings. The van der Waals surface area contributed by atoms with E-state index in [1.807, 2.05) is 56.4 Å². The molecule has 0 spiro atoms. The van der Waals surface area contributed by atoms with Gasteiger partial charge in [0.1, 0.15) is 0 Å². The second-order valence-corrected chi connectivity index (χ2v) is 5.13. The second-order valence-electron chi connectivity index (χ2n) is 4.72. The Balaban J connectivity index is 2.04. The van der Waals surface area contributed by atoms with Crippen LogP contribution in [0.25, 0.3) is 0 Å². The Morgan fingerprint density at radius 2 is 2.00 bits per heavy atom. The summed E-state index contributed by atoms with van der Waals surface area (Å²) in [5.41, 5.74) is 4.21. The average Bonchev–Trinajstić information content (AvgIpc) is 2.37. The lowest BCUT2D eigenvalue weighted by atomic mass is 10.2. The van der Waals surface area contributed by atoms with Crippen molar-refractivity contribution in [1.82, 2.24) is 4.98 Å². The van der Waals surface area contributed by atoms with Crippen molar-refractivity contribution in [1.29, 1.82) is 0 Å². The van der Waals surface area contributed by atoms with Gasteiger partial charge in [-0.15, -0.1) is 0 Å². The molecule has 3 nitrogen and oxygen atoms in total. The van der Waals surface area contributed by atoms with Gasteiger partial charge in [-0.05, 0) is 36.8 Å². The van der Waals surface area contributed by atoms with Gasteiger partial charge < -0.3 is 10.2 Å². The number of nitrogens with zero attached hydrogens (tertiary/aromatic N) is 2. The van der Waals surface area contributed by atoms with Crippen LogP contribution < -0.4 is 10.2 Å². The van der Waals surface area contributed by atoms with Crippen LogP contribution in [0.1, 0.15) is 11.3 Å². The van der Waals surface area contributed by atoms with E-state index in [9.17, 15) is 0 Å². The van der Waals surface area contributed by atoms with Gasteiger partial charge in [0.15, 0.2) is 0 Å². The fourth-order valence-corrected chi connectivity index (χ4v) is 2.14. The fourth-order valence-electron chi connectivity index (χ4n) is 1.79. The Hall–Kier alpha value is -1.74. The second kappa shape index (κ2) is 5.93. The highest BCUT2D eigenvalue weighted by Gasteiger charge is 2.03. The molecule has 0 unspecified atom stereocenters. The highest BCUT2D eigenvalue weighted by molar-refractivity contribution is 6.33. The minimum absolute atomic E-state index is 0.741. The van der Waals surface area contributed by atoms with Crippen molar-refractivity contribution in [3.63, 3.8) is 0 Å². The van der Waals surface area contributed by atoms with Gasteiger partial charge in [-0.2, -0.15) is 0 Å².